The molecule has 6 aromatic carbocycles. The molecule has 9 aromatic rings. The van der Waals surface area contributed by atoms with E-state index in [4.69, 9.17) is 23.8 Å². The van der Waals surface area contributed by atoms with Crippen molar-refractivity contribution in [3.8, 4) is 45.3 Å². The normalized spacial score (nSPS) is 14.3. The lowest BCUT2D eigenvalue weighted by Crippen LogP contribution is -2.04. The zero-order valence-corrected chi connectivity index (χ0v) is 26.7. The summed E-state index contributed by atoms with van der Waals surface area (Å²) in [5.74, 6) is 2.39. The van der Waals surface area contributed by atoms with Gasteiger partial charge in [-0.05, 0) is 53.3 Å². The number of rotatable bonds is 4. The molecule has 3 aromatic heterocycles. The minimum absolute atomic E-state index is 0.493. The highest BCUT2D eigenvalue weighted by atomic mass is 16.3. The first-order valence-corrected chi connectivity index (χ1v) is 16.7. The Labute approximate surface area is 282 Å². The number of nitrogens with zero attached hydrogens (tertiary/aromatic N) is 3. The molecule has 3 heterocycles. The van der Waals surface area contributed by atoms with E-state index in [1.54, 1.807) is 0 Å². The number of benzene rings is 6. The topological polar surface area (TPSA) is 65.0 Å². The molecule has 1 aliphatic rings. The minimum atomic E-state index is 0.493. The molecule has 10 rings (SSSR count). The van der Waals surface area contributed by atoms with Gasteiger partial charge in [-0.2, -0.15) is 0 Å². The van der Waals surface area contributed by atoms with Crippen molar-refractivity contribution in [1.29, 1.82) is 0 Å². The summed E-state index contributed by atoms with van der Waals surface area (Å²) in [4.78, 5) is 15.3. The molecule has 0 amide bonds. The van der Waals surface area contributed by atoms with Crippen molar-refractivity contribution in [2.24, 2.45) is 5.92 Å². The van der Waals surface area contributed by atoms with Crippen molar-refractivity contribution in [1.82, 2.24) is 15.0 Å². The molecule has 0 N–H and O–H groups in total. The maximum absolute atomic E-state index is 6.73. The standard InChI is InChI=1S/C44H29N3O2/c1-26-20-21-27-22-23-29(25-30(27)24-26)43-45-42(28-10-3-2-4-11-28)46-44(47-43)35-16-9-19-38-40(35)34-15-7-14-32(41(34)49-38)31-13-8-18-37-39(31)33-12-5-6-17-36(33)48-37/h2-23,25-26H,24H2,1H3. The molecule has 49 heavy (non-hydrogen) atoms. The molecule has 0 saturated heterocycles. The smallest absolute Gasteiger partial charge is 0.164 e. The van der Waals surface area contributed by atoms with Crippen LogP contribution < -0.4 is 0 Å². The highest BCUT2D eigenvalue weighted by molar-refractivity contribution is 6.19. The van der Waals surface area contributed by atoms with Gasteiger partial charge < -0.3 is 8.83 Å². The molecule has 0 radical (unpaired) electrons. The quantitative estimate of drug-likeness (QED) is 0.193. The largest absolute Gasteiger partial charge is 0.456 e. The molecule has 5 nitrogen and oxygen atoms in total. The van der Waals surface area contributed by atoms with Crippen LogP contribution in [-0.4, -0.2) is 15.0 Å². The van der Waals surface area contributed by atoms with E-state index >= 15 is 0 Å². The zero-order chi connectivity index (χ0) is 32.5. The first-order chi connectivity index (χ1) is 24.2. The third-order valence-electron chi connectivity index (χ3n) is 9.67. The predicted octanol–water partition coefficient (Wildman–Crippen LogP) is 11.5. The molecule has 5 heteroatoms. The average Bonchev–Trinajstić information content (AvgIpc) is 3.73. The van der Waals surface area contributed by atoms with Crippen LogP contribution in [0.2, 0.25) is 0 Å². The Morgan fingerprint density at radius 3 is 2.06 bits per heavy atom. The van der Waals surface area contributed by atoms with E-state index in [-0.39, 0.29) is 0 Å². The number of fused-ring (bicyclic) bond motifs is 7. The zero-order valence-electron chi connectivity index (χ0n) is 26.7. The molecule has 0 bridgehead atoms. The average molecular weight is 632 g/mol. The maximum Gasteiger partial charge on any atom is 0.164 e. The summed E-state index contributed by atoms with van der Waals surface area (Å²) in [6.07, 6.45) is 5.49. The molecular formula is C44H29N3O2. The summed E-state index contributed by atoms with van der Waals surface area (Å²) in [7, 11) is 0. The first-order valence-electron chi connectivity index (χ1n) is 16.7. The van der Waals surface area contributed by atoms with Gasteiger partial charge in [0.15, 0.2) is 17.5 Å². The molecule has 0 fully saturated rings. The summed E-state index contributed by atoms with van der Waals surface area (Å²) in [6.45, 7) is 2.25. The maximum atomic E-state index is 6.73. The predicted molar refractivity (Wildman–Crippen MR) is 198 cm³/mol. The number of aromatic nitrogens is 3. The van der Waals surface area contributed by atoms with Gasteiger partial charge in [0.2, 0.25) is 0 Å². The molecule has 0 spiro atoms. The second-order valence-corrected chi connectivity index (χ2v) is 12.9. The summed E-state index contributed by atoms with van der Waals surface area (Å²) in [5.41, 5.74) is 10.8. The van der Waals surface area contributed by atoms with E-state index in [2.05, 4.69) is 79.7 Å². The molecular weight excluding hydrogens is 603 g/mol. The van der Waals surface area contributed by atoms with Crippen molar-refractivity contribution >= 4 is 50.0 Å². The number of furan rings is 2. The van der Waals surface area contributed by atoms with E-state index < -0.39 is 0 Å². The van der Waals surface area contributed by atoms with Crippen LogP contribution in [0.1, 0.15) is 18.1 Å². The lowest BCUT2D eigenvalue weighted by molar-refractivity contribution is 0.668. The van der Waals surface area contributed by atoms with Crippen LogP contribution in [0, 0.1) is 5.92 Å². The van der Waals surface area contributed by atoms with Crippen molar-refractivity contribution in [2.45, 2.75) is 13.3 Å². The summed E-state index contributed by atoms with van der Waals surface area (Å²) in [5, 5.41) is 4.14. The number of allylic oxidation sites excluding steroid dienone is 1. The van der Waals surface area contributed by atoms with Gasteiger partial charge in [-0.15, -0.1) is 0 Å². The van der Waals surface area contributed by atoms with E-state index in [1.165, 1.54) is 11.1 Å². The fourth-order valence-electron chi connectivity index (χ4n) is 7.35. The van der Waals surface area contributed by atoms with Gasteiger partial charge in [0.1, 0.15) is 22.3 Å². The molecule has 1 unspecified atom stereocenters. The van der Waals surface area contributed by atoms with E-state index in [0.29, 0.717) is 23.4 Å². The van der Waals surface area contributed by atoms with Gasteiger partial charge >= 0.3 is 0 Å². The fraction of sp³-hybridized carbons (Fsp3) is 0.0682. The lowest BCUT2D eigenvalue weighted by atomic mass is 9.89. The lowest BCUT2D eigenvalue weighted by Gasteiger charge is -2.17. The van der Waals surface area contributed by atoms with E-state index in [1.807, 2.05) is 66.7 Å². The molecule has 232 valence electrons. The molecule has 1 atom stereocenters. The third kappa shape index (κ3) is 4.50. The van der Waals surface area contributed by atoms with Crippen LogP contribution in [-0.2, 0) is 6.42 Å². The summed E-state index contributed by atoms with van der Waals surface area (Å²) >= 11 is 0. The van der Waals surface area contributed by atoms with Crippen LogP contribution in [0.15, 0.2) is 142 Å². The highest BCUT2D eigenvalue weighted by Crippen LogP contribution is 2.43. The Bertz CT molecular complexity index is 2770. The fourth-order valence-corrected chi connectivity index (χ4v) is 7.35. The first kappa shape index (κ1) is 27.8. The van der Waals surface area contributed by atoms with Crippen molar-refractivity contribution in [3.63, 3.8) is 0 Å². The van der Waals surface area contributed by atoms with E-state index in [9.17, 15) is 0 Å². The van der Waals surface area contributed by atoms with Crippen molar-refractivity contribution in [3.05, 3.63) is 145 Å². The van der Waals surface area contributed by atoms with Crippen molar-refractivity contribution in [2.75, 3.05) is 0 Å². The van der Waals surface area contributed by atoms with Crippen LogP contribution in [0.3, 0.4) is 0 Å². The van der Waals surface area contributed by atoms with E-state index in [0.717, 1.165) is 78.1 Å². The van der Waals surface area contributed by atoms with Crippen LogP contribution >= 0.6 is 0 Å². The second-order valence-electron chi connectivity index (χ2n) is 12.9. The molecule has 0 saturated carbocycles. The molecule has 0 aliphatic heterocycles. The third-order valence-corrected chi connectivity index (χ3v) is 9.67. The summed E-state index contributed by atoms with van der Waals surface area (Å²) in [6, 6.07) is 43.5. The number of hydrogen-bond acceptors (Lipinski definition) is 5. The van der Waals surface area contributed by atoms with Crippen LogP contribution in [0.25, 0.3) is 95.2 Å². The van der Waals surface area contributed by atoms with Crippen molar-refractivity contribution < 1.29 is 8.83 Å². The van der Waals surface area contributed by atoms with Gasteiger partial charge in [-0.3, -0.25) is 0 Å². The Morgan fingerprint density at radius 1 is 0.531 bits per heavy atom. The van der Waals surface area contributed by atoms with Gasteiger partial charge in [-0.25, -0.2) is 15.0 Å². The summed E-state index contributed by atoms with van der Waals surface area (Å²) < 4.78 is 13.0. The monoisotopic (exact) mass is 631 g/mol. The second kappa shape index (κ2) is 10.9. The van der Waals surface area contributed by atoms with Gasteiger partial charge in [0.25, 0.3) is 0 Å². The van der Waals surface area contributed by atoms with Crippen LogP contribution in [0.4, 0.5) is 0 Å². The SMILES string of the molecule is CC1C=Cc2ccc(-c3nc(-c4ccccc4)nc(-c4cccc5oc6c(-c7cccc8oc9ccccc9c78)cccc6c45)n3)cc2C1. The van der Waals surface area contributed by atoms with Crippen LogP contribution in [0.5, 0.6) is 0 Å². The highest BCUT2D eigenvalue weighted by Gasteiger charge is 2.21. The van der Waals surface area contributed by atoms with Gasteiger partial charge in [0, 0.05) is 43.8 Å². The number of hydrogen-bond donors (Lipinski definition) is 0. The Morgan fingerprint density at radius 2 is 1.18 bits per heavy atom. The number of para-hydroxylation sites is 2. The Balaban J connectivity index is 1.20. The Hall–Kier alpha value is -6.33. The van der Waals surface area contributed by atoms with Gasteiger partial charge in [-0.1, -0.05) is 122 Å². The Kier molecular flexibility index (Phi) is 6.15. The minimum Gasteiger partial charge on any atom is -0.456 e. The van der Waals surface area contributed by atoms with Gasteiger partial charge in [0.05, 0.1) is 0 Å². The molecule has 1 aliphatic carbocycles.